The van der Waals surface area contributed by atoms with Crippen molar-refractivity contribution in [3.05, 3.63) is 0 Å². The molecule has 0 aromatic carbocycles. The van der Waals surface area contributed by atoms with Gasteiger partial charge in [0.25, 0.3) is 0 Å². The Balaban J connectivity index is 1.71. The normalized spacial score (nSPS) is 28.4. The van der Waals surface area contributed by atoms with Gasteiger partial charge < -0.3 is 5.32 Å². The van der Waals surface area contributed by atoms with E-state index in [4.69, 9.17) is 0 Å². The van der Waals surface area contributed by atoms with Gasteiger partial charge in [0.2, 0.25) is 0 Å². The Morgan fingerprint density at radius 1 is 1.00 bits per heavy atom. The SMILES string of the molecule is CNCC1CCCCN1CCC1CCCCC1. The van der Waals surface area contributed by atoms with Crippen molar-refractivity contribution in [1.29, 1.82) is 0 Å². The van der Waals surface area contributed by atoms with Crippen LogP contribution in [0.4, 0.5) is 0 Å². The van der Waals surface area contributed by atoms with E-state index in [0.717, 1.165) is 12.0 Å². The zero-order valence-electron chi connectivity index (χ0n) is 11.6. The number of hydrogen-bond acceptors (Lipinski definition) is 2. The molecule has 1 N–H and O–H groups in total. The van der Waals surface area contributed by atoms with Gasteiger partial charge in [-0.2, -0.15) is 0 Å². The van der Waals surface area contributed by atoms with E-state index in [9.17, 15) is 0 Å². The molecule has 1 aliphatic heterocycles. The van der Waals surface area contributed by atoms with E-state index in [-0.39, 0.29) is 0 Å². The Labute approximate surface area is 107 Å². The van der Waals surface area contributed by atoms with Crippen molar-refractivity contribution < 1.29 is 0 Å². The quantitative estimate of drug-likeness (QED) is 0.792. The van der Waals surface area contributed by atoms with Gasteiger partial charge in [0.1, 0.15) is 0 Å². The molecule has 0 bridgehead atoms. The lowest BCUT2D eigenvalue weighted by Crippen LogP contribution is -2.45. The minimum atomic E-state index is 0.817. The standard InChI is InChI=1S/C15H30N2/c1-16-13-15-9-5-6-11-17(15)12-10-14-7-3-2-4-8-14/h14-16H,2-13H2,1H3. The molecule has 1 unspecified atom stereocenters. The highest BCUT2D eigenvalue weighted by atomic mass is 15.2. The lowest BCUT2D eigenvalue weighted by atomic mass is 9.86. The third-order valence-corrected chi connectivity index (χ3v) is 4.74. The number of rotatable bonds is 5. The molecule has 1 atom stereocenters. The Hall–Kier alpha value is -0.0800. The predicted molar refractivity (Wildman–Crippen MR) is 74.3 cm³/mol. The molecule has 2 nitrogen and oxygen atoms in total. The summed E-state index contributed by atoms with van der Waals surface area (Å²) in [6.45, 7) is 3.89. The summed E-state index contributed by atoms with van der Waals surface area (Å²) in [6.07, 6.45) is 13.2. The van der Waals surface area contributed by atoms with Crippen LogP contribution >= 0.6 is 0 Å². The number of likely N-dealkylation sites (N-methyl/N-ethyl adjacent to an activating group) is 1. The predicted octanol–water partition coefficient (Wildman–Crippen LogP) is 3.03. The Bertz CT molecular complexity index is 197. The maximum absolute atomic E-state index is 3.36. The highest BCUT2D eigenvalue weighted by Gasteiger charge is 2.22. The first kappa shape index (κ1) is 13.4. The van der Waals surface area contributed by atoms with Gasteiger partial charge in [-0.15, -0.1) is 0 Å². The summed E-state index contributed by atoms with van der Waals surface area (Å²) in [5.74, 6) is 1.04. The molecule has 2 fully saturated rings. The smallest absolute Gasteiger partial charge is 0.0220 e. The minimum Gasteiger partial charge on any atom is -0.318 e. The fraction of sp³-hybridized carbons (Fsp3) is 1.00. The molecular formula is C15H30N2. The molecular weight excluding hydrogens is 208 g/mol. The fourth-order valence-electron chi connectivity index (χ4n) is 3.65. The number of hydrogen-bond donors (Lipinski definition) is 1. The molecule has 1 saturated heterocycles. The van der Waals surface area contributed by atoms with Crippen LogP contribution in [0.2, 0.25) is 0 Å². The first-order chi connectivity index (χ1) is 8.40. The van der Waals surface area contributed by atoms with Crippen LogP contribution in [0.15, 0.2) is 0 Å². The minimum absolute atomic E-state index is 0.817. The van der Waals surface area contributed by atoms with Gasteiger partial charge >= 0.3 is 0 Å². The van der Waals surface area contributed by atoms with Crippen molar-refractivity contribution in [2.75, 3.05) is 26.7 Å². The second-order valence-corrected chi connectivity index (χ2v) is 6.04. The van der Waals surface area contributed by atoms with Crippen molar-refractivity contribution >= 4 is 0 Å². The summed E-state index contributed by atoms with van der Waals surface area (Å²) in [5.41, 5.74) is 0. The van der Waals surface area contributed by atoms with Crippen LogP contribution in [-0.4, -0.2) is 37.6 Å². The van der Waals surface area contributed by atoms with Crippen LogP contribution in [0.1, 0.15) is 57.8 Å². The first-order valence-electron chi connectivity index (χ1n) is 7.79. The number of nitrogens with zero attached hydrogens (tertiary/aromatic N) is 1. The number of likely N-dealkylation sites (tertiary alicyclic amines) is 1. The average molecular weight is 238 g/mol. The van der Waals surface area contributed by atoms with Crippen LogP contribution in [0.25, 0.3) is 0 Å². The Morgan fingerprint density at radius 3 is 2.53 bits per heavy atom. The molecule has 1 saturated carbocycles. The van der Waals surface area contributed by atoms with E-state index in [1.54, 1.807) is 0 Å². The molecule has 17 heavy (non-hydrogen) atoms. The van der Waals surface area contributed by atoms with Gasteiger partial charge in [0, 0.05) is 12.6 Å². The van der Waals surface area contributed by atoms with E-state index < -0.39 is 0 Å². The van der Waals surface area contributed by atoms with Gasteiger partial charge in [0.05, 0.1) is 0 Å². The maximum Gasteiger partial charge on any atom is 0.0220 e. The molecule has 1 aliphatic carbocycles. The molecule has 2 rings (SSSR count). The molecule has 2 heteroatoms. The van der Waals surface area contributed by atoms with Crippen molar-refractivity contribution in [2.24, 2.45) is 5.92 Å². The molecule has 0 spiro atoms. The van der Waals surface area contributed by atoms with Crippen molar-refractivity contribution in [3.63, 3.8) is 0 Å². The second-order valence-electron chi connectivity index (χ2n) is 6.04. The van der Waals surface area contributed by atoms with Crippen molar-refractivity contribution in [1.82, 2.24) is 10.2 Å². The summed E-state index contributed by atoms with van der Waals surface area (Å²) < 4.78 is 0. The van der Waals surface area contributed by atoms with Crippen LogP contribution in [0.3, 0.4) is 0 Å². The topological polar surface area (TPSA) is 15.3 Å². The third kappa shape index (κ3) is 4.26. The lowest BCUT2D eigenvalue weighted by molar-refractivity contribution is 0.133. The van der Waals surface area contributed by atoms with Gasteiger partial charge in [-0.1, -0.05) is 38.5 Å². The second kappa shape index (κ2) is 7.38. The summed E-state index contributed by atoms with van der Waals surface area (Å²) >= 11 is 0. The van der Waals surface area contributed by atoms with Gasteiger partial charge in [-0.05, 0) is 45.3 Å². The van der Waals surface area contributed by atoms with E-state index in [2.05, 4.69) is 17.3 Å². The zero-order valence-corrected chi connectivity index (χ0v) is 11.6. The third-order valence-electron chi connectivity index (χ3n) is 4.74. The van der Waals surface area contributed by atoms with Gasteiger partial charge in [0.15, 0.2) is 0 Å². The van der Waals surface area contributed by atoms with Crippen LogP contribution in [0, 0.1) is 5.92 Å². The van der Waals surface area contributed by atoms with Gasteiger partial charge in [-0.25, -0.2) is 0 Å². The molecule has 100 valence electrons. The highest BCUT2D eigenvalue weighted by Crippen LogP contribution is 2.27. The largest absolute Gasteiger partial charge is 0.318 e. The number of nitrogens with one attached hydrogen (secondary N) is 1. The maximum atomic E-state index is 3.36. The van der Waals surface area contributed by atoms with E-state index in [1.807, 2.05) is 0 Å². The lowest BCUT2D eigenvalue weighted by Gasteiger charge is -2.37. The Morgan fingerprint density at radius 2 is 1.76 bits per heavy atom. The molecule has 0 aromatic rings. The fourth-order valence-corrected chi connectivity index (χ4v) is 3.65. The zero-order chi connectivity index (χ0) is 11.9. The molecule has 2 aliphatic rings. The summed E-state index contributed by atoms with van der Waals surface area (Å²) in [5, 5.41) is 3.36. The van der Waals surface area contributed by atoms with Crippen molar-refractivity contribution in [2.45, 2.75) is 63.8 Å². The van der Waals surface area contributed by atoms with E-state index in [1.165, 1.54) is 77.4 Å². The number of piperidine rings is 1. The summed E-state index contributed by atoms with van der Waals surface area (Å²) in [4.78, 5) is 2.76. The van der Waals surface area contributed by atoms with Gasteiger partial charge in [-0.3, -0.25) is 4.90 Å². The monoisotopic (exact) mass is 238 g/mol. The van der Waals surface area contributed by atoms with E-state index >= 15 is 0 Å². The highest BCUT2D eigenvalue weighted by molar-refractivity contribution is 4.79. The average Bonchev–Trinajstić information content (AvgIpc) is 2.39. The molecule has 1 heterocycles. The van der Waals surface area contributed by atoms with E-state index in [0.29, 0.717) is 0 Å². The van der Waals surface area contributed by atoms with Crippen molar-refractivity contribution in [3.8, 4) is 0 Å². The van der Waals surface area contributed by atoms with Crippen LogP contribution in [-0.2, 0) is 0 Å². The molecule has 0 radical (unpaired) electrons. The van der Waals surface area contributed by atoms with Crippen LogP contribution < -0.4 is 5.32 Å². The summed E-state index contributed by atoms with van der Waals surface area (Å²) in [6, 6.07) is 0.817. The Kier molecular flexibility index (Phi) is 5.79. The molecule has 0 aromatic heterocycles. The summed E-state index contributed by atoms with van der Waals surface area (Å²) in [7, 11) is 2.09. The molecule has 0 amide bonds. The van der Waals surface area contributed by atoms with Crippen LogP contribution in [0.5, 0.6) is 0 Å². The first-order valence-corrected chi connectivity index (χ1v) is 7.79.